The number of aromatic nitrogens is 4. The van der Waals surface area contributed by atoms with Crippen LogP contribution in [0.25, 0.3) is 0 Å². The van der Waals surface area contributed by atoms with Crippen molar-refractivity contribution in [2.75, 3.05) is 51.8 Å². The number of piperazine rings is 1. The highest BCUT2D eigenvalue weighted by molar-refractivity contribution is 5.89. The number of fused-ring (bicyclic) bond motifs is 1. The highest BCUT2D eigenvalue weighted by Crippen LogP contribution is 2.17. The molecular weight excluding hydrogens is 398 g/mol. The number of hydrogen-bond donors (Lipinski definition) is 1. The number of nitrogens with one attached hydrogen (secondary N) is 1. The summed E-state index contributed by atoms with van der Waals surface area (Å²) in [6.07, 6.45) is 6.28. The van der Waals surface area contributed by atoms with Crippen molar-refractivity contribution in [1.29, 1.82) is 0 Å². The zero-order chi connectivity index (χ0) is 21.5. The van der Waals surface area contributed by atoms with Crippen molar-refractivity contribution < 1.29 is 14.3 Å². The number of methoxy groups -OCH3 is 1. The summed E-state index contributed by atoms with van der Waals surface area (Å²) in [7, 11) is 1.62. The number of carbonyl (C=O) groups excluding carboxylic acids is 1. The molecule has 2 aromatic heterocycles. The molecule has 2 aromatic rings. The lowest BCUT2D eigenvalue weighted by Crippen LogP contribution is -2.49. The van der Waals surface area contributed by atoms with Gasteiger partial charge in [-0.3, -0.25) is 4.90 Å². The van der Waals surface area contributed by atoms with E-state index < -0.39 is 0 Å². The van der Waals surface area contributed by atoms with E-state index in [1.807, 2.05) is 4.90 Å². The minimum Gasteiger partial charge on any atom is -0.475 e. The number of urea groups is 1. The van der Waals surface area contributed by atoms with Gasteiger partial charge in [0.2, 0.25) is 5.88 Å². The molecule has 0 aromatic carbocycles. The van der Waals surface area contributed by atoms with E-state index in [1.54, 1.807) is 25.4 Å². The monoisotopic (exact) mass is 429 g/mol. The van der Waals surface area contributed by atoms with Gasteiger partial charge in [-0.2, -0.15) is 0 Å². The topological polar surface area (TPSA) is 97.6 Å². The normalized spacial score (nSPS) is 17.1. The number of amides is 2. The van der Waals surface area contributed by atoms with Gasteiger partial charge in [0, 0.05) is 52.3 Å². The first-order valence-corrected chi connectivity index (χ1v) is 11.0. The number of anilines is 1. The van der Waals surface area contributed by atoms with Crippen LogP contribution in [0.2, 0.25) is 0 Å². The third kappa shape index (κ3) is 5.71. The highest BCUT2D eigenvalue weighted by atomic mass is 16.5. The maximum absolute atomic E-state index is 12.6. The third-order valence-corrected chi connectivity index (χ3v) is 5.74. The molecule has 2 aliphatic heterocycles. The molecular formula is C21H31N7O3. The van der Waals surface area contributed by atoms with E-state index in [1.165, 1.54) is 19.3 Å². The van der Waals surface area contributed by atoms with Crippen LogP contribution >= 0.6 is 0 Å². The summed E-state index contributed by atoms with van der Waals surface area (Å²) in [6, 6.07) is 3.43. The quantitative estimate of drug-likeness (QED) is 0.670. The van der Waals surface area contributed by atoms with Crippen LogP contribution in [0.4, 0.5) is 10.5 Å². The smallest absolute Gasteiger partial charge is 0.321 e. The van der Waals surface area contributed by atoms with Gasteiger partial charge in [0.25, 0.3) is 0 Å². The Morgan fingerprint density at radius 3 is 2.71 bits per heavy atom. The summed E-state index contributed by atoms with van der Waals surface area (Å²) in [5.41, 5.74) is 0.651. The standard InChI is InChI=1S/C21H31N7O3/c1-30-13-14-31-20-7-6-17(15-22-20)23-21(29)27-11-9-26(10-12-27)16-19-25-24-18-5-3-2-4-8-28(18)19/h6-7,15H,2-5,8-14,16H2,1H3,(H,23,29). The molecule has 1 N–H and O–H groups in total. The summed E-state index contributed by atoms with van der Waals surface area (Å²) in [5, 5.41) is 11.7. The van der Waals surface area contributed by atoms with Crippen molar-refractivity contribution in [3.05, 3.63) is 30.0 Å². The number of pyridine rings is 1. The van der Waals surface area contributed by atoms with Gasteiger partial charge in [-0.15, -0.1) is 10.2 Å². The van der Waals surface area contributed by atoms with Crippen molar-refractivity contribution in [3.8, 4) is 5.88 Å². The minimum atomic E-state index is -0.106. The van der Waals surface area contributed by atoms with Crippen molar-refractivity contribution in [3.63, 3.8) is 0 Å². The van der Waals surface area contributed by atoms with Gasteiger partial charge in [0.15, 0.2) is 0 Å². The molecule has 4 rings (SSSR count). The molecule has 31 heavy (non-hydrogen) atoms. The van der Waals surface area contributed by atoms with Gasteiger partial charge in [0.05, 0.1) is 25.0 Å². The number of hydrogen-bond acceptors (Lipinski definition) is 7. The van der Waals surface area contributed by atoms with E-state index in [0.717, 1.165) is 44.2 Å². The first-order valence-electron chi connectivity index (χ1n) is 11.0. The molecule has 4 heterocycles. The second kappa shape index (κ2) is 10.5. The van der Waals surface area contributed by atoms with Crippen molar-refractivity contribution in [2.24, 2.45) is 0 Å². The van der Waals surface area contributed by atoms with Gasteiger partial charge in [-0.05, 0) is 18.9 Å². The summed E-state index contributed by atoms with van der Waals surface area (Å²) in [5.74, 6) is 2.68. The Kier molecular flexibility index (Phi) is 7.31. The fourth-order valence-corrected chi connectivity index (χ4v) is 3.94. The Morgan fingerprint density at radius 2 is 1.94 bits per heavy atom. The first kappa shape index (κ1) is 21.5. The van der Waals surface area contributed by atoms with E-state index in [0.29, 0.717) is 37.9 Å². The average Bonchev–Trinajstić information content (AvgIpc) is 3.01. The number of nitrogens with zero attached hydrogens (tertiary/aromatic N) is 6. The zero-order valence-electron chi connectivity index (χ0n) is 18.1. The number of aryl methyl sites for hydroxylation is 1. The number of ether oxygens (including phenoxy) is 2. The zero-order valence-corrected chi connectivity index (χ0v) is 18.1. The predicted molar refractivity (Wildman–Crippen MR) is 115 cm³/mol. The summed E-state index contributed by atoms with van der Waals surface area (Å²) < 4.78 is 12.7. The van der Waals surface area contributed by atoms with Gasteiger partial charge < -0.3 is 24.3 Å². The fourth-order valence-electron chi connectivity index (χ4n) is 3.94. The molecule has 10 heteroatoms. The van der Waals surface area contributed by atoms with Crippen molar-refractivity contribution in [2.45, 2.75) is 38.8 Å². The van der Waals surface area contributed by atoms with Gasteiger partial charge in [-0.25, -0.2) is 9.78 Å². The molecule has 168 valence electrons. The van der Waals surface area contributed by atoms with Crippen molar-refractivity contribution >= 4 is 11.7 Å². The summed E-state index contributed by atoms with van der Waals surface area (Å²) in [4.78, 5) is 21.0. The molecule has 1 fully saturated rings. The predicted octanol–water partition coefficient (Wildman–Crippen LogP) is 1.77. The summed E-state index contributed by atoms with van der Waals surface area (Å²) >= 11 is 0. The van der Waals surface area contributed by atoms with Crippen LogP contribution in [0.15, 0.2) is 18.3 Å². The lowest BCUT2D eigenvalue weighted by atomic mass is 10.2. The number of rotatable bonds is 7. The Labute approximate surface area is 182 Å². The van der Waals surface area contributed by atoms with E-state index in [9.17, 15) is 4.79 Å². The van der Waals surface area contributed by atoms with E-state index in [4.69, 9.17) is 9.47 Å². The molecule has 0 bridgehead atoms. The molecule has 0 saturated carbocycles. The lowest BCUT2D eigenvalue weighted by molar-refractivity contribution is 0.140. The largest absolute Gasteiger partial charge is 0.475 e. The Bertz CT molecular complexity index is 847. The third-order valence-electron chi connectivity index (χ3n) is 5.74. The highest BCUT2D eigenvalue weighted by Gasteiger charge is 2.23. The van der Waals surface area contributed by atoms with Crippen LogP contribution < -0.4 is 10.1 Å². The summed E-state index contributed by atoms with van der Waals surface area (Å²) in [6.45, 7) is 5.75. The minimum absolute atomic E-state index is 0.106. The van der Waals surface area contributed by atoms with Gasteiger partial charge >= 0.3 is 6.03 Å². The van der Waals surface area contributed by atoms with Crippen LogP contribution in [-0.2, 0) is 24.2 Å². The Morgan fingerprint density at radius 1 is 1.06 bits per heavy atom. The van der Waals surface area contributed by atoms with Crippen LogP contribution in [0.1, 0.15) is 30.9 Å². The Hall–Kier alpha value is -2.72. The van der Waals surface area contributed by atoms with Crippen LogP contribution in [0.5, 0.6) is 5.88 Å². The molecule has 2 aliphatic rings. The molecule has 0 unspecified atom stereocenters. The second-order valence-electron chi connectivity index (χ2n) is 7.91. The van der Waals surface area contributed by atoms with E-state index in [-0.39, 0.29) is 6.03 Å². The number of carbonyl (C=O) groups is 1. The molecule has 0 spiro atoms. The fraction of sp³-hybridized carbons (Fsp3) is 0.619. The van der Waals surface area contributed by atoms with Crippen LogP contribution in [0, 0.1) is 0 Å². The maximum Gasteiger partial charge on any atom is 0.321 e. The van der Waals surface area contributed by atoms with Crippen LogP contribution in [-0.4, -0.2) is 82.1 Å². The first-order chi connectivity index (χ1) is 15.2. The molecule has 1 saturated heterocycles. The Balaban J connectivity index is 1.23. The van der Waals surface area contributed by atoms with E-state index >= 15 is 0 Å². The molecule has 0 radical (unpaired) electrons. The van der Waals surface area contributed by atoms with Gasteiger partial charge in [-0.1, -0.05) is 6.42 Å². The second-order valence-corrected chi connectivity index (χ2v) is 7.91. The van der Waals surface area contributed by atoms with Gasteiger partial charge in [0.1, 0.15) is 18.3 Å². The SMILES string of the molecule is COCCOc1ccc(NC(=O)N2CCN(Cc3nnc4n3CCCCC4)CC2)cn1. The molecule has 0 atom stereocenters. The molecule has 2 amide bonds. The van der Waals surface area contributed by atoms with E-state index in [2.05, 4.69) is 30.0 Å². The maximum atomic E-state index is 12.6. The average molecular weight is 430 g/mol. The van der Waals surface area contributed by atoms with Crippen LogP contribution in [0.3, 0.4) is 0 Å². The van der Waals surface area contributed by atoms with Crippen molar-refractivity contribution in [1.82, 2.24) is 29.5 Å². The molecule has 0 aliphatic carbocycles. The molecule has 10 nitrogen and oxygen atoms in total. The lowest BCUT2D eigenvalue weighted by Gasteiger charge is -2.34.